The number of hydrogen-bond donors (Lipinski definition) is 1. The Morgan fingerprint density at radius 2 is 1.56 bits per heavy atom. The molecule has 0 spiro atoms. The molecule has 1 heterocycles. The van der Waals surface area contributed by atoms with Gasteiger partial charge in [-0.2, -0.15) is 0 Å². The van der Waals surface area contributed by atoms with Gasteiger partial charge in [0, 0.05) is 13.0 Å². The summed E-state index contributed by atoms with van der Waals surface area (Å²) in [6.45, 7) is 0.540. The molecule has 0 aromatic carbocycles. The first-order chi connectivity index (χ1) is 8.75. The van der Waals surface area contributed by atoms with Crippen molar-refractivity contribution in [2.75, 3.05) is 0 Å². The molecule has 98 valence electrons. The van der Waals surface area contributed by atoms with Crippen LogP contribution in [0.3, 0.4) is 0 Å². The van der Waals surface area contributed by atoms with E-state index in [1.54, 1.807) is 11.3 Å². The molecule has 4 heteroatoms. The Hall–Kier alpha value is -0.480. The zero-order valence-electron chi connectivity index (χ0n) is 10.8. The lowest BCUT2D eigenvalue weighted by atomic mass is 9.49. The highest BCUT2D eigenvalue weighted by Crippen LogP contribution is 2.61. The molecule has 0 unspecified atom stereocenters. The molecular weight excluding hydrogens is 242 g/mol. The van der Waals surface area contributed by atoms with Gasteiger partial charge >= 0.3 is 0 Å². The van der Waals surface area contributed by atoms with E-state index in [1.165, 1.54) is 50.0 Å². The van der Waals surface area contributed by atoms with E-state index in [4.69, 9.17) is 5.73 Å². The van der Waals surface area contributed by atoms with Crippen molar-refractivity contribution in [1.29, 1.82) is 0 Å². The van der Waals surface area contributed by atoms with Crippen LogP contribution < -0.4 is 5.73 Å². The Morgan fingerprint density at radius 1 is 1.00 bits per heavy atom. The third-order valence-electron chi connectivity index (χ3n) is 5.37. The fraction of sp³-hybridized carbons (Fsp3) is 0.857. The highest BCUT2D eigenvalue weighted by Gasteiger charge is 2.50. The zero-order valence-corrected chi connectivity index (χ0v) is 11.6. The van der Waals surface area contributed by atoms with Crippen LogP contribution in [-0.2, 0) is 13.0 Å². The molecule has 3 nitrogen and oxygen atoms in total. The van der Waals surface area contributed by atoms with E-state index in [0.717, 1.165) is 22.8 Å². The van der Waals surface area contributed by atoms with E-state index in [9.17, 15) is 0 Å². The standard InChI is InChI=1S/C14H21N3S/c15-8-13-17-16-12(18-13)7-14-4-9-1-10(5-14)3-11(2-9)6-14/h9-11H,1-8,15H2. The summed E-state index contributed by atoms with van der Waals surface area (Å²) in [5.74, 6) is 3.08. The summed E-state index contributed by atoms with van der Waals surface area (Å²) >= 11 is 1.73. The van der Waals surface area contributed by atoms with Crippen LogP contribution in [0.25, 0.3) is 0 Å². The van der Waals surface area contributed by atoms with Crippen LogP contribution in [0.15, 0.2) is 0 Å². The van der Waals surface area contributed by atoms with Crippen molar-refractivity contribution in [3.8, 4) is 0 Å². The number of aromatic nitrogens is 2. The monoisotopic (exact) mass is 263 g/mol. The molecular formula is C14H21N3S. The van der Waals surface area contributed by atoms with E-state index in [0.29, 0.717) is 12.0 Å². The molecule has 0 saturated heterocycles. The lowest BCUT2D eigenvalue weighted by molar-refractivity contribution is -0.0522. The Labute approximate surface area is 112 Å². The summed E-state index contributed by atoms with van der Waals surface area (Å²) in [5.41, 5.74) is 6.22. The molecule has 0 amide bonds. The van der Waals surface area contributed by atoms with Crippen LogP contribution in [0.5, 0.6) is 0 Å². The molecule has 1 aromatic rings. The number of rotatable bonds is 3. The second-order valence-electron chi connectivity index (χ2n) is 6.89. The first kappa shape index (κ1) is 11.4. The molecule has 2 N–H and O–H groups in total. The van der Waals surface area contributed by atoms with Crippen molar-refractivity contribution in [3.63, 3.8) is 0 Å². The van der Waals surface area contributed by atoms with E-state index in [-0.39, 0.29) is 0 Å². The summed E-state index contributed by atoms with van der Waals surface area (Å²) < 4.78 is 0. The molecule has 0 aliphatic heterocycles. The van der Waals surface area contributed by atoms with Gasteiger partial charge in [0.1, 0.15) is 10.0 Å². The fourth-order valence-electron chi connectivity index (χ4n) is 5.27. The second kappa shape index (κ2) is 4.01. The van der Waals surface area contributed by atoms with E-state index < -0.39 is 0 Å². The van der Waals surface area contributed by atoms with Crippen LogP contribution in [0.2, 0.25) is 0 Å². The summed E-state index contributed by atoms with van der Waals surface area (Å²) in [4.78, 5) is 0. The maximum atomic E-state index is 5.63. The third-order valence-corrected chi connectivity index (χ3v) is 6.32. The average Bonchev–Trinajstić information content (AvgIpc) is 2.74. The van der Waals surface area contributed by atoms with Crippen LogP contribution in [0.1, 0.15) is 48.5 Å². The predicted octanol–water partition coefficient (Wildman–Crippen LogP) is 2.76. The van der Waals surface area contributed by atoms with E-state index in [1.807, 2.05) is 0 Å². The minimum Gasteiger partial charge on any atom is -0.324 e. The van der Waals surface area contributed by atoms with Crippen LogP contribution >= 0.6 is 11.3 Å². The minimum absolute atomic E-state index is 0.540. The van der Waals surface area contributed by atoms with Crippen molar-refractivity contribution < 1.29 is 0 Å². The number of hydrogen-bond acceptors (Lipinski definition) is 4. The van der Waals surface area contributed by atoms with Crippen molar-refractivity contribution in [3.05, 3.63) is 10.0 Å². The van der Waals surface area contributed by atoms with Crippen molar-refractivity contribution in [1.82, 2.24) is 10.2 Å². The van der Waals surface area contributed by atoms with Gasteiger partial charge in [-0.1, -0.05) is 0 Å². The van der Waals surface area contributed by atoms with Gasteiger partial charge < -0.3 is 5.73 Å². The molecule has 5 rings (SSSR count). The van der Waals surface area contributed by atoms with Crippen molar-refractivity contribution in [2.45, 2.75) is 51.5 Å². The highest BCUT2D eigenvalue weighted by atomic mass is 32.1. The van der Waals surface area contributed by atoms with Crippen LogP contribution in [0.4, 0.5) is 0 Å². The molecule has 0 atom stereocenters. The lowest BCUT2D eigenvalue weighted by Crippen LogP contribution is -2.47. The molecule has 0 radical (unpaired) electrons. The Morgan fingerprint density at radius 3 is 2.06 bits per heavy atom. The normalized spacial score (nSPS) is 41.5. The summed E-state index contributed by atoms with van der Waals surface area (Å²) in [6, 6.07) is 0. The van der Waals surface area contributed by atoms with Gasteiger partial charge in [-0.05, 0) is 61.7 Å². The lowest BCUT2D eigenvalue weighted by Gasteiger charge is -2.56. The van der Waals surface area contributed by atoms with E-state index in [2.05, 4.69) is 10.2 Å². The minimum atomic E-state index is 0.540. The Bertz CT molecular complexity index is 418. The molecule has 1 aromatic heterocycles. The SMILES string of the molecule is NCc1nnc(CC23CC4CC(CC(C4)C2)C3)s1. The summed E-state index contributed by atoms with van der Waals surface area (Å²) in [7, 11) is 0. The molecule has 4 fully saturated rings. The molecule has 4 bridgehead atoms. The van der Waals surface area contributed by atoms with Crippen LogP contribution in [0, 0.1) is 23.2 Å². The maximum Gasteiger partial charge on any atom is 0.131 e. The Balaban J connectivity index is 1.56. The molecule has 4 aliphatic carbocycles. The largest absolute Gasteiger partial charge is 0.324 e. The first-order valence-electron chi connectivity index (χ1n) is 7.26. The van der Waals surface area contributed by atoms with Gasteiger partial charge in [0.2, 0.25) is 0 Å². The van der Waals surface area contributed by atoms with E-state index >= 15 is 0 Å². The van der Waals surface area contributed by atoms with Crippen molar-refractivity contribution in [2.24, 2.45) is 28.9 Å². The van der Waals surface area contributed by atoms with Crippen LogP contribution in [-0.4, -0.2) is 10.2 Å². The van der Waals surface area contributed by atoms with Crippen molar-refractivity contribution >= 4 is 11.3 Å². The summed E-state index contributed by atoms with van der Waals surface area (Å²) in [6.07, 6.45) is 10.1. The molecule has 18 heavy (non-hydrogen) atoms. The van der Waals surface area contributed by atoms with Gasteiger partial charge in [-0.15, -0.1) is 21.5 Å². The third kappa shape index (κ3) is 1.81. The molecule has 4 aliphatic rings. The van der Waals surface area contributed by atoms with Gasteiger partial charge in [0.15, 0.2) is 0 Å². The van der Waals surface area contributed by atoms with Gasteiger partial charge in [0.05, 0.1) is 0 Å². The smallest absolute Gasteiger partial charge is 0.131 e. The topological polar surface area (TPSA) is 51.8 Å². The first-order valence-corrected chi connectivity index (χ1v) is 8.08. The summed E-state index contributed by atoms with van der Waals surface area (Å²) in [5, 5.41) is 10.8. The Kier molecular flexibility index (Phi) is 2.53. The van der Waals surface area contributed by atoms with Gasteiger partial charge in [-0.25, -0.2) is 0 Å². The maximum absolute atomic E-state index is 5.63. The quantitative estimate of drug-likeness (QED) is 0.912. The van der Waals surface area contributed by atoms with Gasteiger partial charge in [-0.3, -0.25) is 0 Å². The number of nitrogens with zero attached hydrogens (tertiary/aromatic N) is 2. The fourth-order valence-corrected chi connectivity index (χ4v) is 6.17. The average molecular weight is 263 g/mol. The second-order valence-corrected chi connectivity index (χ2v) is 8.03. The highest BCUT2D eigenvalue weighted by molar-refractivity contribution is 7.11. The zero-order chi connectivity index (χ0) is 12.2. The number of nitrogens with two attached hydrogens (primary N) is 1. The molecule has 4 saturated carbocycles. The predicted molar refractivity (Wildman–Crippen MR) is 72.1 cm³/mol. The van der Waals surface area contributed by atoms with Gasteiger partial charge in [0.25, 0.3) is 0 Å².